The number of hydrogen-bond acceptors (Lipinski definition) is 11. The molecule has 1 saturated heterocycles. The molecule has 0 aliphatic carbocycles. The van der Waals surface area contributed by atoms with Crippen molar-refractivity contribution in [3.8, 4) is 0 Å². The number of piperazine rings is 1. The van der Waals surface area contributed by atoms with E-state index >= 15 is 0 Å². The average Bonchev–Trinajstić information content (AvgIpc) is 3.47. The maximum atomic E-state index is 14.5. The quantitative estimate of drug-likeness (QED) is 0.132. The lowest BCUT2D eigenvalue weighted by atomic mass is 9.99. The van der Waals surface area contributed by atoms with E-state index in [0.717, 1.165) is 31.1 Å². The molecule has 3 aromatic carbocycles. The molecule has 1 atom stereocenters. The molecule has 14 nitrogen and oxygen atoms in total. The Hall–Kier alpha value is -5.28. The summed E-state index contributed by atoms with van der Waals surface area (Å²) in [4.78, 5) is 73.8. The molecule has 4 amide bonds. The van der Waals surface area contributed by atoms with Crippen LogP contribution in [-0.4, -0.2) is 113 Å². The molecule has 0 unspecified atom stereocenters. The molecule has 15 heteroatoms. The number of halogens is 1. The molecule has 3 aromatic rings. The van der Waals surface area contributed by atoms with E-state index in [0.29, 0.717) is 54.1 Å². The minimum absolute atomic E-state index is 0. The molecule has 1 fully saturated rings. The summed E-state index contributed by atoms with van der Waals surface area (Å²) in [6.45, 7) is 4.24. The fraction of sp³-hybridized carbons (Fsp3) is 0.359. The second-order valence-electron chi connectivity index (χ2n) is 13.0. The largest absolute Gasteiger partial charge is 0.467 e. The van der Waals surface area contributed by atoms with E-state index in [1.807, 2.05) is 54.6 Å². The normalized spacial score (nSPS) is 15.7. The van der Waals surface area contributed by atoms with Crippen molar-refractivity contribution in [1.82, 2.24) is 15.1 Å². The zero-order chi connectivity index (χ0) is 38.1. The van der Waals surface area contributed by atoms with E-state index in [1.54, 1.807) is 18.0 Å². The van der Waals surface area contributed by atoms with Crippen molar-refractivity contribution < 1.29 is 33.4 Å². The Morgan fingerprint density at radius 1 is 0.889 bits per heavy atom. The predicted octanol–water partition coefficient (Wildman–Crippen LogP) is 3.81. The van der Waals surface area contributed by atoms with Crippen LogP contribution in [0, 0.1) is 0 Å². The van der Waals surface area contributed by atoms with Crippen LogP contribution < -0.4 is 26.2 Å². The van der Waals surface area contributed by atoms with Gasteiger partial charge in [0.2, 0.25) is 5.91 Å². The van der Waals surface area contributed by atoms with E-state index < -0.39 is 29.9 Å². The molecule has 0 saturated carbocycles. The zero-order valence-electron chi connectivity index (χ0n) is 31.0. The molecule has 0 radical (unpaired) electrons. The van der Waals surface area contributed by atoms with Crippen molar-refractivity contribution in [2.24, 2.45) is 5.73 Å². The summed E-state index contributed by atoms with van der Waals surface area (Å²) in [5.74, 6) is -2.01. The number of anilines is 3. The van der Waals surface area contributed by atoms with Gasteiger partial charge in [-0.05, 0) is 74.8 Å². The molecule has 0 bridgehead atoms. The van der Waals surface area contributed by atoms with Gasteiger partial charge < -0.3 is 35.6 Å². The van der Waals surface area contributed by atoms with Gasteiger partial charge in [0.25, 0.3) is 5.91 Å². The number of esters is 2. The van der Waals surface area contributed by atoms with E-state index in [4.69, 9.17) is 15.2 Å². The van der Waals surface area contributed by atoms with E-state index in [9.17, 15) is 24.0 Å². The monoisotopic (exact) mass is 761 g/mol. The number of fused-ring (bicyclic) bond motifs is 1. The number of nitrogens with one attached hydrogen (secondary N) is 2. The molecule has 5 rings (SSSR count). The summed E-state index contributed by atoms with van der Waals surface area (Å²) in [7, 11) is 6.28. The molecular formula is C39H48ClN7O7. The number of benzene rings is 3. The highest BCUT2D eigenvalue weighted by molar-refractivity contribution is 6.44. The Labute approximate surface area is 321 Å². The number of carbonyl (C=O) groups is 5. The number of unbranched alkanes of at least 4 members (excludes halogenated alkanes) is 1. The maximum Gasteiger partial charge on any atom is 0.337 e. The molecule has 0 aromatic heterocycles. The van der Waals surface area contributed by atoms with Crippen LogP contribution in [0.4, 0.5) is 21.9 Å². The van der Waals surface area contributed by atoms with Gasteiger partial charge in [-0.25, -0.2) is 19.3 Å². The molecular weight excluding hydrogens is 714 g/mol. The van der Waals surface area contributed by atoms with Gasteiger partial charge in [-0.2, -0.15) is 0 Å². The Morgan fingerprint density at radius 2 is 1.57 bits per heavy atom. The minimum Gasteiger partial charge on any atom is -0.467 e. The second-order valence-corrected chi connectivity index (χ2v) is 13.0. The number of methoxy groups -OCH3 is 2. The summed E-state index contributed by atoms with van der Waals surface area (Å²) in [6.07, 6.45) is 1.42. The molecule has 2 aliphatic heterocycles. The number of imide groups is 1. The Kier molecular flexibility index (Phi) is 14.7. The summed E-state index contributed by atoms with van der Waals surface area (Å²) >= 11 is 0. The molecule has 0 spiro atoms. The van der Waals surface area contributed by atoms with Crippen LogP contribution >= 0.6 is 12.4 Å². The summed E-state index contributed by atoms with van der Waals surface area (Å²) in [5, 5.41) is 6.05. The van der Waals surface area contributed by atoms with Gasteiger partial charge in [0.05, 0.1) is 43.3 Å². The molecule has 288 valence electrons. The SMILES string of the molecule is COC(=O)c1ccc2c(c1)N(C(=O)N[C@@H](CCCCN)C(=O)OC)C(=O)/C2=C(\Nc1ccc(N(C)C(=O)CN2CCN(C)CC2)cc1)c1ccccc1.Cl. The Morgan fingerprint density at radius 3 is 2.20 bits per heavy atom. The van der Waals surface area contributed by atoms with Gasteiger partial charge >= 0.3 is 18.0 Å². The number of rotatable bonds is 13. The van der Waals surface area contributed by atoms with Gasteiger partial charge in [0, 0.05) is 50.2 Å². The zero-order valence-corrected chi connectivity index (χ0v) is 31.8. The maximum absolute atomic E-state index is 14.5. The van der Waals surface area contributed by atoms with Crippen molar-refractivity contribution in [3.05, 3.63) is 89.5 Å². The van der Waals surface area contributed by atoms with Crippen LogP contribution in [0.15, 0.2) is 72.8 Å². The Bertz CT molecular complexity index is 1850. The first-order valence-corrected chi connectivity index (χ1v) is 17.6. The van der Waals surface area contributed by atoms with Crippen molar-refractivity contribution in [2.75, 3.05) is 82.7 Å². The van der Waals surface area contributed by atoms with E-state index in [-0.39, 0.29) is 41.6 Å². The number of hydrogen-bond donors (Lipinski definition) is 3. The average molecular weight is 762 g/mol. The van der Waals surface area contributed by atoms with E-state index in [1.165, 1.54) is 26.4 Å². The summed E-state index contributed by atoms with van der Waals surface area (Å²) in [6, 6.07) is 19.1. The van der Waals surface area contributed by atoms with Crippen LogP contribution in [0.25, 0.3) is 11.3 Å². The third-order valence-corrected chi connectivity index (χ3v) is 9.44. The summed E-state index contributed by atoms with van der Waals surface area (Å²) in [5.41, 5.74) is 8.83. The van der Waals surface area contributed by atoms with Crippen molar-refractivity contribution in [2.45, 2.75) is 25.3 Å². The topological polar surface area (TPSA) is 167 Å². The van der Waals surface area contributed by atoms with E-state index in [2.05, 4.69) is 27.5 Å². The smallest absolute Gasteiger partial charge is 0.337 e. The number of nitrogens with zero attached hydrogens (tertiary/aromatic N) is 4. The summed E-state index contributed by atoms with van der Waals surface area (Å²) < 4.78 is 9.85. The number of ether oxygens (including phenoxy) is 2. The molecule has 2 aliphatic rings. The highest BCUT2D eigenvalue weighted by Gasteiger charge is 2.41. The van der Waals surface area contributed by atoms with Crippen molar-refractivity contribution in [1.29, 1.82) is 0 Å². The third kappa shape index (κ3) is 9.63. The van der Waals surface area contributed by atoms with Gasteiger partial charge in [-0.3, -0.25) is 14.5 Å². The minimum atomic E-state index is -1.04. The van der Waals surface area contributed by atoms with Crippen molar-refractivity contribution in [3.63, 3.8) is 0 Å². The van der Waals surface area contributed by atoms with Crippen LogP contribution in [0.5, 0.6) is 0 Å². The number of carbonyl (C=O) groups excluding carboxylic acids is 5. The fourth-order valence-corrected chi connectivity index (χ4v) is 6.29. The van der Waals surface area contributed by atoms with Crippen LogP contribution in [0.2, 0.25) is 0 Å². The standard InChI is InChI=1S/C39H47N7O7.ClH/c1-43-20-22-45(23-21-43)25-33(47)44(2)29-16-14-28(15-17-29)41-35(26-10-6-5-7-11-26)34-30-18-13-27(37(49)52-3)24-32(30)46(36(34)48)39(51)42-31(38(50)53-4)12-8-9-19-40;/h5-7,10-11,13-18,24,31,41H,8-9,12,19-23,25,40H2,1-4H3,(H,42,51);1H/b35-34-;/t31-;/m0./s1. The highest BCUT2D eigenvalue weighted by Crippen LogP contribution is 2.42. The lowest BCUT2D eigenvalue weighted by Gasteiger charge is -2.32. The first-order valence-electron chi connectivity index (χ1n) is 17.6. The van der Waals surface area contributed by atoms with Crippen LogP contribution in [0.3, 0.4) is 0 Å². The lowest BCUT2D eigenvalue weighted by Crippen LogP contribution is -2.49. The number of urea groups is 1. The molecule has 54 heavy (non-hydrogen) atoms. The molecule has 4 N–H and O–H groups in total. The van der Waals surface area contributed by atoms with Gasteiger partial charge in [-0.1, -0.05) is 36.4 Å². The van der Waals surface area contributed by atoms with Crippen LogP contribution in [0.1, 0.15) is 40.7 Å². The highest BCUT2D eigenvalue weighted by atomic mass is 35.5. The third-order valence-electron chi connectivity index (χ3n) is 9.44. The molecule has 2 heterocycles. The van der Waals surface area contributed by atoms with Crippen LogP contribution in [-0.2, 0) is 23.9 Å². The lowest BCUT2D eigenvalue weighted by molar-refractivity contribution is -0.143. The van der Waals surface area contributed by atoms with Gasteiger partial charge in [-0.15, -0.1) is 12.4 Å². The van der Waals surface area contributed by atoms with Gasteiger partial charge in [0.15, 0.2) is 0 Å². The predicted molar refractivity (Wildman–Crippen MR) is 210 cm³/mol. The number of amides is 4. The second kappa shape index (κ2) is 19.2. The first-order chi connectivity index (χ1) is 25.6. The van der Waals surface area contributed by atoms with Crippen molar-refractivity contribution >= 4 is 70.5 Å². The first kappa shape index (κ1) is 41.5. The van der Waals surface area contributed by atoms with Gasteiger partial charge in [0.1, 0.15) is 6.04 Å². The number of nitrogens with two attached hydrogens (primary N) is 1. The fourth-order valence-electron chi connectivity index (χ4n) is 6.29. The number of likely N-dealkylation sites (N-methyl/N-ethyl adjacent to an activating group) is 2. The Balaban J connectivity index is 0.00000650.